The van der Waals surface area contributed by atoms with E-state index in [1.54, 1.807) is 0 Å². The summed E-state index contributed by atoms with van der Waals surface area (Å²) < 4.78 is 16.8. The number of hydrogen-bond acceptors (Lipinski definition) is 6. The molecule has 386 valence electrons. The summed E-state index contributed by atoms with van der Waals surface area (Å²) in [5, 5.41) is 0. The smallest absolute Gasteiger partial charge is 0.306 e. The Morgan fingerprint density at radius 2 is 0.582 bits per heavy atom. The molecule has 1 unspecified atom stereocenters. The van der Waals surface area contributed by atoms with Gasteiger partial charge in [-0.05, 0) is 89.9 Å². The van der Waals surface area contributed by atoms with Gasteiger partial charge in [0.1, 0.15) is 13.2 Å². The molecule has 0 saturated carbocycles. The molecule has 0 N–H and O–H groups in total. The molecular weight excluding hydrogens is 829 g/mol. The van der Waals surface area contributed by atoms with Crippen molar-refractivity contribution in [2.45, 2.75) is 284 Å². The van der Waals surface area contributed by atoms with Gasteiger partial charge in [-0.25, -0.2) is 0 Å². The van der Waals surface area contributed by atoms with Crippen molar-refractivity contribution >= 4 is 17.9 Å². The largest absolute Gasteiger partial charge is 0.462 e. The van der Waals surface area contributed by atoms with Crippen molar-refractivity contribution in [3.8, 4) is 0 Å². The Labute approximate surface area is 414 Å². The molecule has 1 atom stereocenters. The molecule has 0 rings (SSSR count). The minimum atomic E-state index is -0.785. The van der Waals surface area contributed by atoms with E-state index in [9.17, 15) is 14.4 Å². The lowest BCUT2D eigenvalue weighted by Crippen LogP contribution is -2.30. The second-order valence-corrected chi connectivity index (χ2v) is 18.8. The third kappa shape index (κ3) is 53.7. The van der Waals surface area contributed by atoms with E-state index in [1.807, 2.05) is 0 Å². The molecule has 0 aromatic rings. The van der Waals surface area contributed by atoms with E-state index in [1.165, 1.54) is 135 Å². The molecule has 6 nitrogen and oxygen atoms in total. The quantitative estimate of drug-likeness (QED) is 0.0262. The number of hydrogen-bond donors (Lipinski definition) is 0. The Hall–Kier alpha value is -3.15. The zero-order valence-electron chi connectivity index (χ0n) is 44.2. The van der Waals surface area contributed by atoms with Crippen LogP contribution in [0.3, 0.4) is 0 Å². The average molecular weight is 936 g/mol. The first-order valence-corrected chi connectivity index (χ1v) is 28.4. The molecule has 0 bridgehead atoms. The lowest BCUT2D eigenvalue weighted by molar-refractivity contribution is -0.167. The van der Waals surface area contributed by atoms with E-state index in [-0.39, 0.29) is 31.1 Å². The second kappa shape index (κ2) is 55.4. The molecule has 0 spiro atoms. The summed E-state index contributed by atoms with van der Waals surface area (Å²) in [6.07, 6.45) is 70.3. The molecule has 0 radical (unpaired) electrons. The number of carbonyl (C=O) groups is 3. The Kier molecular flexibility index (Phi) is 52.8. The number of esters is 3. The van der Waals surface area contributed by atoms with Crippen LogP contribution in [0.1, 0.15) is 278 Å². The van der Waals surface area contributed by atoms with Crippen molar-refractivity contribution in [1.82, 2.24) is 0 Å². The molecule has 0 heterocycles. The third-order valence-electron chi connectivity index (χ3n) is 12.2. The second-order valence-electron chi connectivity index (χ2n) is 18.8. The van der Waals surface area contributed by atoms with Gasteiger partial charge in [-0.3, -0.25) is 14.4 Å². The Morgan fingerprint density at radius 3 is 0.910 bits per heavy atom. The maximum atomic E-state index is 12.8. The van der Waals surface area contributed by atoms with Gasteiger partial charge >= 0.3 is 17.9 Å². The van der Waals surface area contributed by atoms with Crippen LogP contribution in [0.5, 0.6) is 0 Å². The first kappa shape index (κ1) is 63.8. The van der Waals surface area contributed by atoms with E-state index in [2.05, 4.69) is 93.7 Å². The normalized spacial score (nSPS) is 12.6. The molecular formula is C61H106O6. The fourth-order valence-electron chi connectivity index (χ4n) is 7.93. The summed E-state index contributed by atoms with van der Waals surface area (Å²) in [7, 11) is 0. The van der Waals surface area contributed by atoms with Crippen LogP contribution in [0.2, 0.25) is 0 Å². The standard InChI is InChI=1S/C61H106O6/c1-4-7-10-13-16-19-22-24-26-28-29-30-31-33-34-36-39-42-45-48-51-54-60(63)66-57-58(56-65-59(62)53-50-47-44-41-38-21-18-15-12-9-6-3)67-61(64)55-52-49-46-43-40-37-35-32-27-25-23-20-17-14-11-8-5-2/h8,11,17,20,22,24-25,27-29,31,33,58H,4-7,9-10,12-16,18-19,21,23,26,30,32,34-57H2,1-3H3/b11-8-,20-17-,24-22-,27-25-,29-28-,33-31-. The Morgan fingerprint density at radius 1 is 0.313 bits per heavy atom. The maximum absolute atomic E-state index is 12.8. The van der Waals surface area contributed by atoms with Crippen molar-refractivity contribution in [3.63, 3.8) is 0 Å². The van der Waals surface area contributed by atoms with Gasteiger partial charge in [0.15, 0.2) is 6.10 Å². The van der Waals surface area contributed by atoms with Crippen LogP contribution in [-0.2, 0) is 28.6 Å². The fourth-order valence-corrected chi connectivity index (χ4v) is 7.93. The molecule has 0 fully saturated rings. The van der Waals surface area contributed by atoms with Gasteiger partial charge in [-0.2, -0.15) is 0 Å². The SMILES string of the molecule is CC/C=C\C/C=C\C/C=C\CCCCCCCCCC(=O)OC(COC(=O)CCCCCCCC/C=C\C/C=C\C/C=C\CCCCCCC)COC(=O)CCCCCCCCCCCCC. The lowest BCUT2D eigenvalue weighted by atomic mass is 10.1. The van der Waals surface area contributed by atoms with E-state index in [4.69, 9.17) is 14.2 Å². The van der Waals surface area contributed by atoms with Crippen LogP contribution in [-0.4, -0.2) is 37.2 Å². The summed E-state index contributed by atoms with van der Waals surface area (Å²) in [4.78, 5) is 38.1. The fraction of sp³-hybridized carbons (Fsp3) is 0.754. The first-order chi connectivity index (χ1) is 33.0. The molecule has 0 aliphatic rings. The van der Waals surface area contributed by atoms with Crippen molar-refractivity contribution in [2.24, 2.45) is 0 Å². The summed E-state index contributed by atoms with van der Waals surface area (Å²) >= 11 is 0. The van der Waals surface area contributed by atoms with Crippen molar-refractivity contribution in [2.75, 3.05) is 13.2 Å². The van der Waals surface area contributed by atoms with Crippen molar-refractivity contribution < 1.29 is 28.6 Å². The van der Waals surface area contributed by atoms with Crippen LogP contribution >= 0.6 is 0 Å². The maximum Gasteiger partial charge on any atom is 0.306 e. The van der Waals surface area contributed by atoms with Crippen LogP contribution < -0.4 is 0 Å². The molecule has 0 saturated heterocycles. The summed E-state index contributed by atoms with van der Waals surface area (Å²) in [6.45, 7) is 6.51. The predicted octanol–water partition coefficient (Wildman–Crippen LogP) is 19.0. The summed E-state index contributed by atoms with van der Waals surface area (Å²) in [5.74, 6) is -0.899. The molecule has 0 aliphatic carbocycles. The molecule has 0 amide bonds. The van der Waals surface area contributed by atoms with E-state index < -0.39 is 6.10 Å². The summed E-state index contributed by atoms with van der Waals surface area (Å²) in [6, 6.07) is 0. The number of rotatable bonds is 51. The van der Waals surface area contributed by atoms with Gasteiger partial charge in [-0.15, -0.1) is 0 Å². The van der Waals surface area contributed by atoms with Gasteiger partial charge < -0.3 is 14.2 Å². The zero-order chi connectivity index (χ0) is 48.6. The first-order valence-electron chi connectivity index (χ1n) is 28.4. The highest BCUT2D eigenvalue weighted by atomic mass is 16.6. The number of unbranched alkanes of at least 4 members (excludes halogenated alkanes) is 28. The zero-order valence-corrected chi connectivity index (χ0v) is 44.2. The monoisotopic (exact) mass is 935 g/mol. The highest BCUT2D eigenvalue weighted by Crippen LogP contribution is 2.15. The van der Waals surface area contributed by atoms with E-state index in [0.29, 0.717) is 19.3 Å². The van der Waals surface area contributed by atoms with E-state index >= 15 is 0 Å². The topological polar surface area (TPSA) is 78.9 Å². The van der Waals surface area contributed by atoms with Gasteiger partial charge in [0, 0.05) is 19.3 Å². The lowest BCUT2D eigenvalue weighted by Gasteiger charge is -2.18. The van der Waals surface area contributed by atoms with Gasteiger partial charge in [-0.1, -0.05) is 241 Å². The van der Waals surface area contributed by atoms with Gasteiger partial charge in [0.25, 0.3) is 0 Å². The number of allylic oxidation sites excluding steroid dienone is 12. The highest BCUT2D eigenvalue weighted by Gasteiger charge is 2.19. The highest BCUT2D eigenvalue weighted by molar-refractivity contribution is 5.71. The Balaban J connectivity index is 4.36. The summed E-state index contributed by atoms with van der Waals surface area (Å²) in [5.41, 5.74) is 0. The van der Waals surface area contributed by atoms with Gasteiger partial charge in [0.05, 0.1) is 0 Å². The third-order valence-corrected chi connectivity index (χ3v) is 12.2. The molecule has 0 aliphatic heterocycles. The van der Waals surface area contributed by atoms with Crippen molar-refractivity contribution in [3.05, 3.63) is 72.9 Å². The van der Waals surface area contributed by atoms with Crippen LogP contribution in [0.25, 0.3) is 0 Å². The predicted molar refractivity (Wildman–Crippen MR) is 288 cm³/mol. The molecule has 67 heavy (non-hydrogen) atoms. The minimum Gasteiger partial charge on any atom is -0.462 e. The van der Waals surface area contributed by atoms with Crippen molar-refractivity contribution in [1.29, 1.82) is 0 Å². The molecule has 6 heteroatoms. The minimum absolute atomic E-state index is 0.0821. The average Bonchev–Trinajstić information content (AvgIpc) is 3.33. The Bertz CT molecular complexity index is 1260. The number of carbonyl (C=O) groups excluding carboxylic acids is 3. The molecule has 0 aromatic heterocycles. The number of ether oxygens (including phenoxy) is 3. The van der Waals surface area contributed by atoms with Crippen LogP contribution in [0, 0.1) is 0 Å². The van der Waals surface area contributed by atoms with Crippen LogP contribution in [0.4, 0.5) is 0 Å². The van der Waals surface area contributed by atoms with E-state index in [0.717, 1.165) is 103 Å². The van der Waals surface area contributed by atoms with Gasteiger partial charge in [0.2, 0.25) is 0 Å². The molecule has 0 aromatic carbocycles. The van der Waals surface area contributed by atoms with Crippen LogP contribution in [0.15, 0.2) is 72.9 Å².